The minimum absolute atomic E-state index is 0.0248. The lowest BCUT2D eigenvalue weighted by Crippen LogP contribution is -2.61. The predicted molar refractivity (Wildman–Crippen MR) is 356 cm³/mol. The summed E-state index contributed by atoms with van der Waals surface area (Å²) in [6.07, 6.45) is 9.73. The second-order valence-electron chi connectivity index (χ2n) is 26.6. The summed E-state index contributed by atoms with van der Waals surface area (Å²) in [7, 11) is 0. The topological polar surface area (TPSA) is 13.0 Å². The summed E-state index contributed by atoms with van der Waals surface area (Å²) in [5.74, 6) is 0. The molecule has 0 N–H and O–H groups in total. The van der Waals surface area contributed by atoms with E-state index in [0.29, 0.717) is 0 Å². The fourth-order valence-electron chi connectivity index (χ4n) is 18.2. The Labute approximate surface area is 491 Å². The van der Waals surface area contributed by atoms with Gasteiger partial charge in [0.1, 0.15) is 0 Å². The van der Waals surface area contributed by atoms with Gasteiger partial charge in [0.2, 0.25) is 0 Å². The molecule has 7 heteroatoms. The zero-order valence-electron chi connectivity index (χ0n) is 48.9. The van der Waals surface area contributed by atoms with Gasteiger partial charge < -0.3 is 19.6 Å². The fraction of sp³-hybridized carbons (Fsp3) is 0.280. The van der Waals surface area contributed by atoms with E-state index in [0.717, 1.165) is 12.8 Å². The maximum atomic E-state index is 2.82. The lowest BCUT2D eigenvalue weighted by Gasteiger charge is -2.51. The number of fused-ring (bicyclic) bond motifs is 16. The highest BCUT2D eigenvalue weighted by molar-refractivity contribution is 7.26. The van der Waals surface area contributed by atoms with Crippen LogP contribution in [0.2, 0.25) is 0 Å². The maximum absolute atomic E-state index is 2.82. The van der Waals surface area contributed by atoms with Gasteiger partial charge in [-0.3, -0.25) is 0 Å². The van der Waals surface area contributed by atoms with Crippen molar-refractivity contribution in [2.24, 2.45) is 0 Å². The lowest BCUT2D eigenvalue weighted by atomic mass is 9.33. The minimum atomic E-state index is -0.0901. The average molecular weight is 1100 g/mol. The van der Waals surface area contributed by atoms with E-state index < -0.39 is 0 Å². The number of nitrogens with zero attached hydrogens (tertiary/aromatic N) is 4. The van der Waals surface area contributed by atoms with Crippen LogP contribution in [0.5, 0.6) is 0 Å². The molecular formula is C75H69BN4S2. The molecule has 17 rings (SSSR count). The summed E-state index contributed by atoms with van der Waals surface area (Å²) < 4.78 is 5.30. The molecule has 2 aromatic heterocycles. The monoisotopic (exact) mass is 1100 g/mol. The number of anilines is 10. The van der Waals surface area contributed by atoms with Crippen LogP contribution in [-0.4, -0.2) is 17.8 Å². The molecule has 0 amide bonds. The van der Waals surface area contributed by atoms with Crippen LogP contribution in [0.15, 0.2) is 158 Å². The molecule has 4 nitrogen and oxygen atoms in total. The molecule has 4 aliphatic heterocycles. The van der Waals surface area contributed by atoms with Crippen LogP contribution in [0.1, 0.15) is 118 Å². The highest BCUT2D eigenvalue weighted by Gasteiger charge is 2.60. The summed E-state index contributed by atoms with van der Waals surface area (Å²) >= 11 is 3.85. The Morgan fingerprint density at radius 2 is 0.854 bits per heavy atom. The Kier molecular flexibility index (Phi) is 10.2. The quantitative estimate of drug-likeness (QED) is 0.163. The predicted octanol–water partition coefficient (Wildman–Crippen LogP) is 19.5. The van der Waals surface area contributed by atoms with Gasteiger partial charge in [-0.2, -0.15) is 0 Å². The molecule has 2 saturated carbocycles. The van der Waals surface area contributed by atoms with E-state index in [1.54, 1.807) is 11.1 Å². The Hall–Kier alpha value is -7.32. The maximum Gasteiger partial charge on any atom is 0.252 e. The van der Waals surface area contributed by atoms with Gasteiger partial charge in [0.15, 0.2) is 0 Å². The molecule has 6 aliphatic rings. The first kappa shape index (κ1) is 49.3. The first-order valence-electron chi connectivity index (χ1n) is 30.4. The van der Waals surface area contributed by atoms with Crippen LogP contribution < -0.4 is 36.0 Å². The third-order valence-electron chi connectivity index (χ3n) is 22.0. The second kappa shape index (κ2) is 16.9. The molecule has 4 unspecified atom stereocenters. The van der Waals surface area contributed by atoms with Crippen LogP contribution in [0.3, 0.4) is 0 Å². The first-order chi connectivity index (χ1) is 39.7. The van der Waals surface area contributed by atoms with Crippen molar-refractivity contribution in [2.45, 2.75) is 136 Å². The molecule has 2 aliphatic carbocycles. The number of benzene rings is 9. The SMILES string of the molecule is Cc1cc2c3c(c1)N(c1cccc4c1sc1ccccc14)c1cc(N4c5cc(C)cc(C)c5C5(C)CCCCC45C)ccc1B3c1ccc(N3c4cc(C)cc(C)c4C4(C)CCCCC34C)cc1N2c1ccc2c(c1)sc1ccccc12. The highest BCUT2D eigenvalue weighted by atomic mass is 32.1. The molecule has 0 bridgehead atoms. The van der Waals surface area contributed by atoms with Gasteiger partial charge in [-0.25, -0.2) is 0 Å². The average Bonchev–Trinajstić information content (AvgIpc) is 3.13. The van der Waals surface area contributed by atoms with Crippen LogP contribution >= 0.6 is 22.7 Å². The molecule has 0 spiro atoms. The molecule has 6 heterocycles. The largest absolute Gasteiger partial charge is 0.334 e. The molecule has 2 fully saturated rings. The standard InChI is InChI=1S/C75H69BN4S2/c1-44-35-47(4)68-61(37-44)79(74(8)33-16-14-31-72(68,74)6)50-26-29-56-59(41-50)77(49-25-28-54-52-19-10-12-23-65(52)81-67(54)43-49)63-39-46(3)40-64-70(63)76(56)57-30-27-51(80-62-38-45(2)36-48(5)69(62)73(7)32-15-17-34-75(73,80)9)42-60(57)78(64)58-22-18-21-55-53-20-11-13-24-66(53)82-71(55)58/h10-13,18-30,35-43H,14-17,31-34H2,1-9H3. The van der Waals surface area contributed by atoms with Gasteiger partial charge in [0.05, 0.1) is 21.5 Å². The summed E-state index contributed by atoms with van der Waals surface area (Å²) in [5.41, 5.74) is 26.7. The van der Waals surface area contributed by atoms with Crippen molar-refractivity contribution >= 4 is 143 Å². The molecule has 82 heavy (non-hydrogen) atoms. The Morgan fingerprint density at radius 3 is 1.46 bits per heavy atom. The van der Waals surface area contributed by atoms with E-state index in [9.17, 15) is 0 Å². The number of thiophene rings is 2. The van der Waals surface area contributed by atoms with Crippen LogP contribution in [-0.2, 0) is 10.8 Å². The Morgan fingerprint density at radius 1 is 0.378 bits per heavy atom. The van der Waals surface area contributed by atoms with Crippen molar-refractivity contribution < 1.29 is 0 Å². The van der Waals surface area contributed by atoms with E-state index >= 15 is 0 Å². The molecule has 404 valence electrons. The van der Waals surface area contributed by atoms with Crippen molar-refractivity contribution in [3.63, 3.8) is 0 Å². The van der Waals surface area contributed by atoms with Crippen LogP contribution in [0.4, 0.5) is 56.9 Å². The number of hydrogen-bond acceptors (Lipinski definition) is 6. The van der Waals surface area contributed by atoms with E-state index in [1.165, 1.54) is 180 Å². The lowest BCUT2D eigenvalue weighted by molar-refractivity contribution is 0.194. The molecular weight excluding hydrogens is 1030 g/mol. The van der Waals surface area contributed by atoms with Crippen molar-refractivity contribution in [2.75, 3.05) is 19.6 Å². The number of rotatable bonds is 4. The third kappa shape index (κ3) is 6.29. The second-order valence-corrected chi connectivity index (χ2v) is 28.7. The van der Waals surface area contributed by atoms with Gasteiger partial charge in [-0.1, -0.05) is 118 Å². The zero-order valence-corrected chi connectivity index (χ0v) is 50.5. The summed E-state index contributed by atoms with van der Waals surface area (Å²) in [5, 5.41) is 5.29. The molecule has 4 atom stereocenters. The minimum Gasteiger partial charge on any atom is -0.334 e. The molecule has 11 aromatic rings. The normalized spacial score (nSPS) is 23.1. The van der Waals surface area contributed by atoms with Crippen molar-refractivity contribution in [3.05, 3.63) is 197 Å². The van der Waals surface area contributed by atoms with E-state index in [2.05, 4.69) is 240 Å². The van der Waals surface area contributed by atoms with Gasteiger partial charge >= 0.3 is 0 Å². The molecule has 9 aromatic carbocycles. The van der Waals surface area contributed by atoms with Crippen molar-refractivity contribution in [1.29, 1.82) is 0 Å². The highest BCUT2D eigenvalue weighted by Crippen LogP contribution is 2.64. The summed E-state index contributed by atoms with van der Waals surface area (Å²) in [6.45, 7) is 22.0. The zero-order chi connectivity index (χ0) is 55.5. The molecule has 0 radical (unpaired) electrons. The van der Waals surface area contributed by atoms with Crippen molar-refractivity contribution in [1.82, 2.24) is 0 Å². The third-order valence-corrected chi connectivity index (χ3v) is 24.3. The number of aryl methyl sites for hydroxylation is 5. The van der Waals surface area contributed by atoms with E-state index in [4.69, 9.17) is 0 Å². The van der Waals surface area contributed by atoms with Crippen LogP contribution in [0, 0.1) is 34.6 Å². The van der Waals surface area contributed by atoms with Gasteiger partial charge in [0.25, 0.3) is 6.71 Å². The summed E-state index contributed by atoms with van der Waals surface area (Å²) in [6, 6.07) is 62.7. The first-order valence-corrected chi connectivity index (χ1v) is 32.0. The smallest absolute Gasteiger partial charge is 0.252 e. The Balaban J connectivity index is 0.954. The van der Waals surface area contributed by atoms with Gasteiger partial charge in [-0.15, -0.1) is 22.7 Å². The van der Waals surface area contributed by atoms with Gasteiger partial charge in [0, 0.05) is 97.7 Å². The van der Waals surface area contributed by atoms with E-state index in [-0.39, 0.29) is 28.6 Å². The Bertz CT molecular complexity index is 4620. The van der Waals surface area contributed by atoms with Crippen LogP contribution in [0.25, 0.3) is 40.3 Å². The summed E-state index contributed by atoms with van der Waals surface area (Å²) in [4.78, 5) is 11.0. The van der Waals surface area contributed by atoms with E-state index in [1.807, 2.05) is 22.7 Å². The number of hydrogen-bond donors (Lipinski definition) is 0. The van der Waals surface area contributed by atoms with Crippen molar-refractivity contribution in [3.8, 4) is 0 Å². The fourth-order valence-corrected chi connectivity index (χ4v) is 20.6. The molecule has 0 saturated heterocycles. The van der Waals surface area contributed by atoms with Gasteiger partial charge in [-0.05, 0) is 208 Å².